The van der Waals surface area contributed by atoms with Crippen molar-refractivity contribution >= 4 is 17.7 Å². The van der Waals surface area contributed by atoms with E-state index < -0.39 is 0 Å². The molecule has 0 aliphatic carbocycles. The predicted molar refractivity (Wildman–Crippen MR) is 97.0 cm³/mol. The van der Waals surface area contributed by atoms with Crippen LogP contribution in [0.4, 0.5) is 0 Å². The quantitative estimate of drug-likeness (QED) is 0.738. The maximum atomic E-state index is 13.1. The van der Waals surface area contributed by atoms with Gasteiger partial charge in [-0.1, -0.05) is 38.1 Å². The summed E-state index contributed by atoms with van der Waals surface area (Å²) in [5.41, 5.74) is 2.30. The highest BCUT2D eigenvalue weighted by atomic mass is 32.2. The number of benzene rings is 1. The Morgan fingerprint density at radius 2 is 2.12 bits per heavy atom. The first-order chi connectivity index (χ1) is 11.5. The lowest BCUT2D eigenvalue weighted by molar-refractivity contribution is -0.139. The molecular formula is C19H27NO3S. The zero-order chi connectivity index (χ0) is 17.3. The van der Waals surface area contributed by atoms with Crippen LogP contribution < -0.4 is 0 Å². The van der Waals surface area contributed by atoms with Crippen molar-refractivity contribution in [3.63, 3.8) is 0 Å². The lowest BCUT2D eigenvalue weighted by Crippen LogP contribution is -2.46. The monoisotopic (exact) mass is 349 g/mol. The Kier molecular flexibility index (Phi) is 5.52. The second-order valence-corrected chi connectivity index (χ2v) is 7.95. The lowest BCUT2D eigenvalue weighted by Gasteiger charge is -2.30. The third-order valence-corrected chi connectivity index (χ3v) is 5.59. The Bertz CT molecular complexity index is 592. The van der Waals surface area contributed by atoms with E-state index in [4.69, 9.17) is 9.47 Å². The van der Waals surface area contributed by atoms with Gasteiger partial charge >= 0.3 is 0 Å². The molecule has 4 atom stereocenters. The number of hydrogen-bond donors (Lipinski definition) is 0. The van der Waals surface area contributed by atoms with E-state index in [1.807, 2.05) is 17.0 Å². The van der Waals surface area contributed by atoms with E-state index in [2.05, 4.69) is 39.2 Å². The summed E-state index contributed by atoms with van der Waals surface area (Å²) in [5.74, 6) is 1.46. The molecule has 2 fully saturated rings. The van der Waals surface area contributed by atoms with Crippen molar-refractivity contribution < 1.29 is 14.3 Å². The van der Waals surface area contributed by atoms with Crippen LogP contribution in [0.2, 0.25) is 0 Å². The maximum absolute atomic E-state index is 13.1. The summed E-state index contributed by atoms with van der Waals surface area (Å²) in [6, 6.07) is 8.28. The van der Waals surface area contributed by atoms with Crippen LogP contribution in [-0.4, -0.2) is 47.8 Å². The van der Waals surface area contributed by atoms with Gasteiger partial charge in [-0.05, 0) is 36.0 Å². The highest BCUT2D eigenvalue weighted by Crippen LogP contribution is 2.42. The van der Waals surface area contributed by atoms with Gasteiger partial charge in [-0.2, -0.15) is 11.8 Å². The minimum Gasteiger partial charge on any atom is -0.356 e. The first-order valence-corrected chi connectivity index (χ1v) is 10.1. The number of thioether (sulfide) groups is 1. The zero-order valence-electron chi connectivity index (χ0n) is 14.9. The molecule has 5 heteroatoms. The molecule has 1 aromatic carbocycles. The fourth-order valence-corrected chi connectivity index (χ4v) is 3.87. The van der Waals surface area contributed by atoms with E-state index in [9.17, 15) is 4.79 Å². The highest BCUT2D eigenvalue weighted by Gasteiger charge is 2.52. The average Bonchev–Trinajstić information content (AvgIpc) is 3.23. The zero-order valence-corrected chi connectivity index (χ0v) is 15.7. The number of amides is 1. The molecule has 0 radical (unpaired) electrons. The number of hydrogen-bond acceptors (Lipinski definition) is 4. The van der Waals surface area contributed by atoms with E-state index in [1.54, 1.807) is 11.8 Å². The topological polar surface area (TPSA) is 42.1 Å². The molecule has 0 aromatic heterocycles. The van der Waals surface area contributed by atoms with E-state index in [1.165, 1.54) is 5.56 Å². The molecule has 0 N–H and O–H groups in total. The molecule has 1 amide bonds. The standard InChI is InChI=1S/C19H27NO3S/c1-12(2)15-11-22-16(9-10-24-4)20(15)19(21)18-17(23-18)14-8-6-5-7-13(14)3/h5-8,12,15-18H,9-11H2,1-4H3/t15-,16-,17-,18+/m1/s1. The van der Waals surface area contributed by atoms with Crippen molar-refractivity contribution in [1.82, 2.24) is 4.90 Å². The van der Waals surface area contributed by atoms with Gasteiger partial charge < -0.3 is 14.4 Å². The maximum Gasteiger partial charge on any atom is 0.257 e. The summed E-state index contributed by atoms with van der Waals surface area (Å²) in [6.45, 7) is 7.00. The smallest absolute Gasteiger partial charge is 0.257 e. The van der Waals surface area contributed by atoms with Crippen LogP contribution in [0.5, 0.6) is 0 Å². The molecule has 0 unspecified atom stereocenters. The molecule has 2 aliphatic heterocycles. The Morgan fingerprint density at radius 3 is 2.79 bits per heavy atom. The van der Waals surface area contributed by atoms with Crippen LogP contribution in [0.3, 0.4) is 0 Å². The van der Waals surface area contributed by atoms with Gasteiger partial charge in [0, 0.05) is 6.42 Å². The SMILES string of the molecule is CSCC[C@H]1OC[C@H](C(C)C)N1C(=O)[C@H]1O[C@@H]1c1ccccc1C. The molecule has 4 nitrogen and oxygen atoms in total. The number of rotatable bonds is 6. The molecule has 2 saturated heterocycles. The molecule has 132 valence electrons. The number of ether oxygens (including phenoxy) is 2. The van der Waals surface area contributed by atoms with E-state index in [-0.39, 0.29) is 30.4 Å². The Morgan fingerprint density at radius 1 is 1.38 bits per heavy atom. The van der Waals surface area contributed by atoms with Crippen molar-refractivity contribution in [2.75, 3.05) is 18.6 Å². The van der Waals surface area contributed by atoms with Gasteiger partial charge in [-0.25, -0.2) is 0 Å². The summed E-state index contributed by atoms with van der Waals surface area (Å²) in [4.78, 5) is 15.1. The minimum absolute atomic E-state index is 0.0885. The largest absolute Gasteiger partial charge is 0.356 e. The van der Waals surface area contributed by atoms with Gasteiger partial charge in [0.25, 0.3) is 5.91 Å². The van der Waals surface area contributed by atoms with Crippen molar-refractivity contribution in [3.8, 4) is 0 Å². The second kappa shape index (κ2) is 7.46. The molecule has 0 saturated carbocycles. The summed E-state index contributed by atoms with van der Waals surface area (Å²) in [6.07, 6.45) is 2.38. The van der Waals surface area contributed by atoms with Gasteiger partial charge in [0.05, 0.1) is 12.6 Å². The molecule has 0 bridgehead atoms. The Balaban J connectivity index is 1.73. The third kappa shape index (κ3) is 3.48. The van der Waals surface area contributed by atoms with Crippen LogP contribution in [0.25, 0.3) is 0 Å². The molecule has 1 aromatic rings. The molecule has 2 heterocycles. The number of carbonyl (C=O) groups is 1. The van der Waals surface area contributed by atoms with Crippen LogP contribution in [0, 0.1) is 12.8 Å². The summed E-state index contributed by atoms with van der Waals surface area (Å²) < 4.78 is 11.7. The Hall–Kier alpha value is -1.04. The van der Waals surface area contributed by atoms with Gasteiger partial charge in [-0.15, -0.1) is 0 Å². The third-order valence-electron chi connectivity index (χ3n) is 4.95. The molecule has 0 spiro atoms. The van der Waals surface area contributed by atoms with Crippen LogP contribution in [-0.2, 0) is 14.3 Å². The lowest BCUT2D eigenvalue weighted by atomic mass is 10.0. The van der Waals surface area contributed by atoms with E-state index >= 15 is 0 Å². The Labute approximate surface area is 148 Å². The molecule has 3 rings (SSSR count). The normalized spacial score (nSPS) is 29.3. The molecule has 2 aliphatic rings. The fraction of sp³-hybridized carbons (Fsp3) is 0.632. The average molecular weight is 349 g/mol. The summed E-state index contributed by atoms with van der Waals surface area (Å²) >= 11 is 1.79. The van der Waals surface area contributed by atoms with Gasteiger partial charge in [-0.3, -0.25) is 4.79 Å². The summed E-state index contributed by atoms with van der Waals surface area (Å²) in [5, 5.41) is 0. The van der Waals surface area contributed by atoms with Crippen molar-refractivity contribution in [2.45, 2.75) is 51.7 Å². The minimum atomic E-state index is -0.356. The summed E-state index contributed by atoms with van der Waals surface area (Å²) in [7, 11) is 0. The van der Waals surface area contributed by atoms with Crippen LogP contribution >= 0.6 is 11.8 Å². The van der Waals surface area contributed by atoms with Gasteiger partial charge in [0.15, 0.2) is 6.10 Å². The molecular weight excluding hydrogens is 322 g/mol. The van der Waals surface area contributed by atoms with Crippen molar-refractivity contribution in [1.29, 1.82) is 0 Å². The number of epoxide rings is 1. The number of aryl methyl sites for hydroxylation is 1. The van der Waals surface area contributed by atoms with Crippen LogP contribution in [0.15, 0.2) is 24.3 Å². The number of nitrogens with zero attached hydrogens (tertiary/aromatic N) is 1. The van der Waals surface area contributed by atoms with Crippen molar-refractivity contribution in [2.24, 2.45) is 5.92 Å². The first-order valence-electron chi connectivity index (χ1n) is 8.68. The number of carbonyl (C=O) groups excluding carboxylic acids is 1. The fourth-order valence-electron chi connectivity index (χ4n) is 3.43. The second-order valence-electron chi connectivity index (χ2n) is 6.96. The van der Waals surface area contributed by atoms with Gasteiger partial charge in [0.1, 0.15) is 12.3 Å². The van der Waals surface area contributed by atoms with Crippen LogP contribution in [0.1, 0.15) is 37.5 Å². The van der Waals surface area contributed by atoms with E-state index in [0.717, 1.165) is 17.7 Å². The highest BCUT2D eigenvalue weighted by molar-refractivity contribution is 7.98. The predicted octanol–water partition coefficient (Wildman–Crippen LogP) is 3.40. The van der Waals surface area contributed by atoms with Crippen molar-refractivity contribution in [3.05, 3.63) is 35.4 Å². The molecule has 24 heavy (non-hydrogen) atoms. The van der Waals surface area contributed by atoms with Gasteiger partial charge in [0.2, 0.25) is 0 Å². The van der Waals surface area contributed by atoms with E-state index in [0.29, 0.717) is 12.5 Å². The first kappa shape index (κ1) is 17.8.